The van der Waals surface area contributed by atoms with Gasteiger partial charge in [0.05, 0.1) is 19.8 Å². The Morgan fingerprint density at radius 3 is 2.90 bits per heavy atom. The quantitative estimate of drug-likeness (QED) is 0.812. The molecule has 3 rings (SSSR count). The maximum atomic E-state index is 5.76. The molecular weight excluding hydrogens is 254 g/mol. The molecule has 1 aliphatic carbocycles. The van der Waals surface area contributed by atoms with E-state index in [0.717, 1.165) is 18.8 Å². The largest absolute Gasteiger partial charge is 0.497 e. The van der Waals surface area contributed by atoms with Crippen LogP contribution in [0.2, 0.25) is 0 Å². The SMILES string of the molecule is COc1ccc(COCC[C@@H]2ON[C@@H]3CCC[C@H]23)cc1. The molecule has 1 aromatic rings. The monoisotopic (exact) mass is 277 g/mol. The van der Waals surface area contributed by atoms with Crippen molar-refractivity contribution in [2.45, 2.75) is 44.4 Å². The van der Waals surface area contributed by atoms with Crippen LogP contribution in [-0.2, 0) is 16.2 Å². The van der Waals surface area contributed by atoms with Crippen LogP contribution in [0.3, 0.4) is 0 Å². The summed E-state index contributed by atoms with van der Waals surface area (Å²) in [6, 6.07) is 8.60. The second-order valence-corrected chi connectivity index (χ2v) is 5.66. The second-order valence-electron chi connectivity index (χ2n) is 5.66. The minimum atomic E-state index is 0.332. The average Bonchev–Trinajstić information content (AvgIpc) is 3.08. The summed E-state index contributed by atoms with van der Waals surface area (Å²) in [5.74, 6) is 1.58. The zero-order valence-electron chi connectivity index (χ0n) is 12.0. The van der Waals surface area contributed by atoms with Crippen LogP contribution in [0, 0.1) is 5.92 Å². The first-order chi connectivity index (χ1) is 9.86. The fourth-order valence-electron chi connectivity index (χ4n) is 3.23. The highest BCUT2D eigenvalue weighted by Gasteiger charge is 2.39. The Hall–Kier alpha value is -1.10. The molecule has 1 aliphatic heterocycles. The van der Waals surface area contributed by atoms with Gasteiger partial charge < -0.3 is 9.47 Å². The first-order valence-electron chi connectivity index (χ1n) is 7.48. The summed E-state index contributed by atoms with van der Waals surface area (Å²) in [6.07, 6.45) is 5.19. The summed E-state index contributed by atoms with van der Waals surface area (Å²) < 4.78 is 10.9. The molecule has 2 fully saturated rings. The van der Waals surface area contributed by atoms with Crippen molar-refractivity contribution in [3.8, 4) is 5.75 Å². The van der Waals surface area contributed by atoms with Crippen LogP contribution >= 0.6 is 0 Å². The summed E-state index contributed by atoms with van der Waals surface area (Å²) in [5.41, 5.74) is 4.35. The second kappa shape index (κ2) is 6.57. The Labute approximate surface area is 120 Å². The van der Waals surface area contributed by atoms with Crippen molar-refractivity contribution in [1.29, 1.82) is 0 Å². The van der Waals surface area contributed by atoms with Crippen LogP contribution < -0.4 is 10.2 Å². The summed E-state index contributed by atoms with van der Waals surface area (Å²) in [7, 11) is 1.68. The predicted molar refractivity (Wildman–Crippen MR) is 76.4 cm³/mol. The van der Waals surface area contributed by atoms with E-state index in [1.165, 1.54) is 24.8 Å². The number of hydrogen-bond acceptors (Lipinski definition) is 4. The van der Waals surface area contributed by atoms with E-state index in [0.29, 0.717) is 24.7 Å². The van der Waals surface area contributed by atoms with E-state index in [-0.39, 0.29) is 0 Å². The Bertz CT molecular complexity index is 420. The van der Waals surface area contributed by atoms with E-state index in [2.05, 4.69) is 5.48 Å². The lowest BCUT2D eigenvalue weighted by Crippen LogP contribution is -2.22. The molecule has 0 amide bonds. The molecule has 4 nitrogen and oxygen atoms in total. The van der Waals surface area contributed by atoms with Crippen molar-refractivity contribution in [2.24, 2.45) is 5.92 Å². The van der Waals surface area contributed by atoms with E-state index in [9.17, 15) is 0 Å². The van der Waals surface area contributed by atoms with Gasteiger partial charge in [-0.05, 0) is 37.0 Å². The smallest absolute Gasteiger partial charge is 0.118 e. The van der Waals surface area contributed by atoms with Crippen molar-refractivity contribution in [2.75, 3.05) is 13.7 Å². The van der Waals surface area contributed by atoms with E-state index >= 15 is 0 Å². The van der Waals surface area contributed by atoms with Crippen molar-refractivity contribution in [3.05, 3.63) is 29.8 Å². The number of fused-ring (bicyclic) bond motifs is 1. The Morgan fingerprint density at radius 1 is 1.25 bits per heavy atom. The molecule has 0 unspecified atom stereocenters. The predicted octanol–water partition coefficient (Wildman–Crippen LogP) is 2.67. The third-order valence-corrected chi connectivity index (χ3v) is 4.39. The van der Waals surface area contributed by atoms with Crippen LogP contribution in [0.4, 0.5) is 0 Å². The molecule has 1 saturated carbocycles. The lowest BCUT2D eigenvalue weighted by Gasteiger charge is -2.15. The topological polar surface area (TPSA) is 39.7 Å². The fourth-order valence-corrected chi connectivity index (χ4v) is 3.23. The molecule has 20 heavy (non-hydrogen) atoms. The number of nitrogens with one attached hydrogen (secondary N) is 1. The van der Waals surface area contributed by atoms with Gasteiger partial charge in [-0.1, -0.05) is 18.6 Å². The van der Waals surface area contributed by atoms with E-state index < -0.39 is 0 Å². The Balaban J connectivity index is 1.37. The normalized spacial score (nSPS) is 28.6. The zero-order chi connectivity index (χ0) is 13.8. The molecule has 0 radical (unpaired) electrons. The van der Waals surface area contributed by atoms with Crippen molar-refractivity contribution in [1.82, 2.24) is 5.48 Å². The minimum Gasteiger partial charge on any atom is -0.497 e. The molecule has 110 valence electrons. The first kappa shape index (κ1) is 13.9. The molecule has 4 heteroatoms. The first-order valence-corrected chi connectivity index (χ1v) is 7.48. The van der Waals surface area contributed by atoms with Crippen molar-refractivity contribution in [3.63, 3.8) is 0 Å². The van der Waals surface area contributed by atoms with E-state index in [4.69, 9.17) is 14.3 Å². The van der Waals surface area contributed by atoms with Crippen LogP contribution in [0.5, 0.6) is 5.75 Å². The fraction of sp³-hybridized carbons (Fsp3) is 0.625. The highest BCUT2D eigenvalue weighted by molar-refractivity contribution is 5.26. The molecule has 1 N–H and O–H groups in total. The highest BCUT2D eigenvalue weighted by Crippen LogP contribution is 2.35. The number of ether oxygens (including phenoxy) is 2. The van der Waals surface area contributed by atoms with Crippen LogP contribution in [-0.4, -0.2) is 25.9 Å². The van der Waals surface area contributed by atoms with Gasteiger partial charge >= 0.3 is 0 Å². The summed E-state index contributed by atoms with van der Waals surface area (Å²) >= 11 is 0. The molecule has 2 aliphatic rings. The van der Waals surface area contributed by atoms with Gasteiger partial charge in [0.1, 0.15) is 5.75 Å². The third kappa shape index (κ3) is 3.14. The number of rotatable bonds is 6. The highest BCUT2D eigenvalue weighted by atomic mass is 16.7. The molecular formula is C16H23NO3. The maximum Gasteiger partial charge on any atom is 0.118 e. The van der Waals surface area contributed by atoms with Gasteiger partial charge in [0.25, 0.3) is 0 Å². The summed E-state index contributed by atoms with van der Waals surface area (Å²) in [4.78, 5) is 5.66. The van der Waals surface area contributed by atoms with E-state index in [1.54, 1.807) is 7.11 Å². The summed E-state index contributed by atoms with van der Waals surface area (Å²) in [6.45, 7) is 1.40. The van der Waals surface area contributed by atoms with E-state index in [1.807, 2.05) is 24.3 Å². The van der Waals surface area contributed by atoms with Gasteiger partial charge in [0, 0.05) is 18.6 Å². The van der Waals surface area contributed by atoms with Gasteiger partial charge in [-0.25, -0.2) is 0 Å². The lowest BCUT2D eigenvalue weighted by atomic mass is 9.96. The molecule has 0 spiro atoms. The van der Waals surface area contributed by atoms with Gasteiger partial charge in [-0.2, -0.15) is 5.48 Å². The maximum absolute atomic E-state index is 5.76. The number of hydroxylamine groups is 1. The van der Waals surface area contributed by atoms with Crippen molar-refractivity contribution >= 4 is 0 Å². The zero-order valence-corrected chi connectivity index (χ0v) is 12.0. The number of methoxy groups -OCH3 is 1. The van der Waals surface area contributed by atoms with Gasteiger partial charge in [-0.3, -0.25) is 4.84 Å². The third-order valence-electron chi connectivity index (χ3n) is 4.39. The van der Waals surface area contributed by atoms with Gasteiger partial charge in [-0.15, -0.1) is 0 Å². The molecule has 0 aromatic heterocycles. The molecule has 0 bridgehead atoms. The van der Waals surface area contributed by atoms with Crippen LogP contribution in [0.15, 0.2) is 24.3 Å². The van der Waals surface area contributed by atoms with Crippen LogP contribution in [0.1, 0.15) is 31.2 Å². The van der Waals surface area contributed by atoms with Crippen molar-refractivity contribution < 1.29 is 14.3 Å². The summed E-state index contributed by atoms with van der Waals surface area (Å²) in [5, 5.41) is 0. The Morgan fingerprint density at radius 2 is 2.10 bits per heavy atom. The Kier molecular flexibility index (Phi) is 4.55. The standard InChI is InChI=1S/C16H23NO3/c1-18-13-7-5-12(6-8-13)11-19-10-9-16-14-3-2-4-15(14)17-20-16/h5-8,14-17H,2-4,9-11H2,1H3/t14-,15+,16-/m0/s1. The molecule has 1 saturated heterocycles. The molecule has 1 heterocycles. The number of benzene rings is 1. The van der Waals surface area contributed by atoms with Crippen LogP contribution in [0.25, 0.3) is 0 Å². The molecule has 3 atom stereocenters. The minimum absolute atomic E-state index is 0.332. The van der Waals surface area contributed by atoms with Gasteiger partial charge in [0.15, 0.2) is 0 Å². The van der Waals surface area contributed by atoms with Gasteiger partial charge in [0.2, 0.25) is 0 Å². The molecule has 1 aromatic carbocycles. The number of hydrogen-bond donors (Lipinski definition) is 1. The lowest BCUT2D eigenvalue weighted by molar-refractivity contribution is -0.00939. The average molecular weight is 277 g/mol.